The second-order valence-corrected chi connectivity index (χ2v) is 6.13. The Kier molecular flexibility index (Phi) is 4.35. The fourth-order valence-corrected chi connectivity index (χ4v) is 2.15. The second kappa shape index (κ2) is 6.05. The van der Waals surface area contributed by atoms with E-state index in [0.717, 1.165) is 5.56 Å². The molecule has 3 N–H and O–H groups in total. The number of nitrogen functional groups attached to an aromatic ring is 1. The van der Waals surface area contributed by atoms with E-state index in [2.05, 4.69) is 5.32 Å². The molecule has 2 rings (SSSR count). The van der Waals surface area contributed by atoms with Crippen molar-refractivity contribution < 1.29 is 4.79 Å². The number of anilines is 2. The van der Waals surface area contributed by atoms with Gasteiger partial charge in [-0.3, -0.25) is 9.59 Å². The Morgan fingerprint density at radius 2 is 2.00 bits per heavy atom. The SMILES string of the molecule is Cc1ccn(CC(C)(C)C(=O)Nc2cccc(N)c2)c(=O)c1. The molecule has 116 valence electrons. The van der Waals surface area contributed by atoms with Crippen molar-refractivity contribution in [3.8, 4) is 0 Å². The number of aromatic nitrogens is 1. The third kappa shape index (κ3) is 3.75. The van der Waals surface area contributed by atoms with E-state index in [1.54, 1.807) is 54.9 Å². The van der Waals surface area contributed by atoms with E-state index >= 15 is 0 Å². The molecule has 0 unspecified atom stereocenters. The number of rotatable bonds is 4. The van der Waals surface area contributed by atoms with Crippen LogP contribution >= 0.6 is 0 Å². The van der Waals surface area contributed by atoms with Crippen LogP contribution in [0.3, 0.4) is 0 Å². The zero-order valence-electron chi connectivity index (χ0n) is 13.1. The quantitative estimate of drug-likeness (QED) is 0.851. The summed E-state index contributed by atoms with van der Waals surface area (Å²) in [4.78, 5) is 24.4. The van der Waals surface area contributed by atoms with Crippen molar-refractivity contribution in [3.63, 3.8) is 0 Å². The molecule has 0 bridgehead atoms. The Bertz CT molecular complexity index is 748. The summed E-state index contributed by atoms with van der Waals surface area (Å²) in [5.41, 5.74) is 7.01. The largest absolute Gasteiger partial charge is 0.399 e. The van der Waals surface area contributed by atoms with Crippen LogP contribution in [0.5, 0.6) is 0 Å². The van der Waals surface area contributed by atoms with Gasteiger partial charge in [0.2, 0.25) is 5.91 Å². The zero-order chi connectivity index (χ0) is 16.3. The minimum absolute atomic E-state index is 0.107. The van der Waals surface area contributed by atoms with Gasteiger partial charge in [-0.15, -0.1) is 0 Å². The molecular formula is C17H21N3O2. The summed E-state index contributed by atoms with van der Waals surface area (Å²) in [5, 5.41) is 2.84. The van der Waals surface area contributed by atoms with Gasteiger partial charge < -0.3 is 15.6 Å². The molecule has 0 saturated heterocycles. The molecule has 0 radical (unpaired) electrons. The molecule has 0 spiro atoms. The van der Waals surface area contributed by atoms with E-state index in [9.17, 15) is 9.59 Å². The average molecular weight is 299 g/mol. The normalized spacial score (nSPS) is 11.2. The Labute approximate surface area is 129 Å². The number of benzene rings is 1. The van der Waals surface area contributed by atoms with Crippen LogP contribution in [-0.2, 0) is 11.3 Å². The van der Waals surface area contributed by atoms with Gasteiger partial charge >= 0.3 is 0 Å². The zero-order valence-corrected chi connectivity index (χ0v) is 13.1. The summed E-state index contributed by atoms with van der Waals surface area (Å²) in [6.45, 7) is 5.78. The van der Waals surface area contributed by atoms with Crippen molar-refractivity contribution in [2.24, 2.45) is 5.41 Å². The molecule has 0 saturated carbocycles. The minimum Gasteiger partial charge on any atom is -0.399 e. The molecule has 1 heterocycles. The van der Waals surface area contributed by atoms with Gasteiger partial charge in [-0.25, -0.2) is 0 Å². The van der Waals surface area contributed by atoms with Crippen LogP contribution in [0.15, 0.2) is 47.4 Å². The van der Waals surface area contributed by atoms with Gasteiger partial charge in [0, 0.05) is 30.2 Å². The van der Waals surface area contributed by atoms with Gasteiger partial charge in [-0.1, -0.05) is 6.07 Å². The molecule has 22 heavy (non-hydrogen) atoms. The maximum Gasteiger partial charge on any atom is 0.250 e. The summed E-state index contributed by atoms with van der Waals surface area (Å²) in [6, 6.07) is 10.4. The smallest absolute Gasteiger partial charge is 0.250 e. The summed E-state index contributed by atoms with van der Waals surface area (Å²) >= 11 is 0. The minimum atomic E-state index is -0.732. The number of carbonyl (C=O) groups excluding carboxylic acids is 1. The number of hydrogen-bond acceptors (Lipinski definition) is 3. The van der Waals surface area contributed by atoms with Crippen LogP contribution < -0.4 is 16.6 Å². The Balaban J connectivity index is 2.15. The Morgan fingerprint density at radius 3 is 2.64 bits per heavy atom. The summed E-state index contributed by atoms with van der Waals surface area (Å²) in [6.07, 6.45) is 1.72. The Morgan fingerprint density at radius 1 is 1.27 bits per heavy atom. The van der Waals surface area contributed by atoms with E-state index in [0.29, 0.717) is 17.9 Å². The van der Waals surface area contributed by atoms with Gasteiger partial charge in [0.05, 0.1) is 5.41 Å². The first kappa shape index (κ1) is 15.8. The van der Waals surface area contributed by atoms with E-state index in [1.807, 2.05) is 13.0 Å². The van der Waals surface area contributed by atoms with Crippen LogP contribution in [0.4, 0.5) is 11.4 Å². The number of carbonyl (C=O) groups is 1. The first-order valence-corrected chi connectivity index (χ1v) is 7.12. The highest BCUT2D eigenvalue weighted by Gasteiger charge is 2.28. The van der Waals surface area contributed by atoms with Crippen LogP contribution in [-0.4, -0.2) is 10.5 Å². The van der Waals surface area contributed by atoms with Crippen LogP contribution in [0.2, 0.25) is 0 Å². The van der Waals surface area contributed by atoms with Crippen molar-refractivity contribution in [3.05, 3.63) is 58.5 Å². The summed E-state index contributed by atoms with van der Waals surface area (Å²) in [7, 11) is 0. The lowest BCUT2D eigenvalue weighted by Gasteiger charge is -2.24. The first-order valence-electron chi connectivity index (χ1n) is 7.12. The lowest BCUT2D eigenvalue weighted by Crippen LogP contribution is -2.37. The fraction of sp³-hybridized carbons (Fsp3) is 0.294. The fourth-order valence-electron chi connectivity index (χ4n) is 2.15. The molecule has 0 fully saturated rings. The first-order chi connectivity index (χ1) is 10.3. The predicted molar refractivity (Wildman–Crippen MR) is 88.7 cm³/mol. The van der Waals surface area contributed by atoms with E-state index < -0.39 is 5.41 Å². The van der Waals surface area contributed by atoms with E-state index in [4.69, 9.17) is 5.73 Å². The summed E-state index contributed by atoms with van der Waals surface area (Å²) in [5.74, 6) is -0.162. The standard InChI is InChI=1S/C17H21N3O2/c1-12-7-8-20(15(21)9-12)11-17(2,3)16(22)19-14-6-4-5-13(18)10-14/h4-10H,11,18H2,1-3H3,(H,19,22). The van der Waals surface area contributed by atoms with Crippen molar-refractivity contribution in [2.75, 3.05) is 11.1 Å². The summed E-state index contributed by atoms with van der Waals surface area (Å²) < 4.78 is 1.55. The van der Waals surface area contributed by atoms with Crippen LogP contribution in [0, 0.1) is 12.3 Å². The number of nitrogens with zero attached hydrogens (tertiary/aromatic N) is 1. The highest BCUT2D eigenvalue weighted by atomic mass is 16.2. The van der Waals surface area contributed by atoms with Crippen LogP contribution in [0.1, 0.15) is 19.4 Å². The van der Waals surface area contributed by atoms with Crippen molar-refractivity contribution in [1.29, 1.82) is 0 Å². The molecule has 5 nitrogen and oxygen atoms in total. The average Bonchev–Trinajstić information content (AvgIpc) is 2.42. The van der Waals surface area contributed by atoms with Crippen molar-refractivity contribution >= 4 is 17.3 Å². The lowest BCUT2D eigenvalue weighted by atomic mass is 9.92. The number of aryl methyl sites for hydroxylation is 1. The predicted octanol–water partition coefficient (Wildman–Crippen LogP) is 2.40. The monoisotopic (exact) mass is 299 g/mol. The van der Waals surface area contributed by atoms with Gasteiger partial charge in [-0.2, -0.15) is 0 Å². The number of hydrogen-bond donors (Lipinski definition) is 2. The second-order valence-electron chi connectivity index (χ2n) is 6.13. The molecular weight excluding hydrogens is 278 g/mol. The number of nitrogens with one attached hydrogen (secondary N) is 1. The molecule has 0 aliphatic rings. The third-order valence-electron chi connectivity index (χ3n) is 3.48. The van der Waals surface area contributed by atoms with Gasteiger partial charge in [0.15, 0.2) is 0 Å². The van der Waals surface area contributed by atoms with Gasteiger partial charge in [0.25, 0.3) is 5.56 Å². The molecule has 1 aromatic heterocycles. The number of amides is 1. The topological polar surface area (TPSA) is 77.1 Å². The lowest BCUT2D eigenvalue weighted by molar-refractivity contribution is -0.124. The molecule has 0 atom stereocenters. The molecule has 0 aliphatic heterocycles. The molecule has 1 amide bonds. The van der Waals surface area contributed by atoms with Gasteiger partial charge in [0.1, 0.15) is 0 Å². The molecule has 2 aromatic rings. The third-order valence-corrected chi connectivity index (χ3v) is 3.48. The Hall–Kier alpha value is -2.56. The van der Waals surface area contributed by atoms with Crippen molar-refractivity contribution in [1.82, 2.24) is 4.57 Å². The highest BCUT2D eigenvalue weighted by Crippen LogP contribution is 2.21. The molecule has 5 heteroatoms. The van der Waals surface area contributed by atoms with Crippen molar-refractivity contribution in [2.45, 2.75) is 27.3 Å². The van der Waals surface area contributed by atoms with E-state index in [-0.39, 0.29) is 11.5 Å². The number of nitrogens with two attached hydrogens (primary N) is 1. The molecule has 0 aliphatic carbocycles. The maximum absolute atomic E-state index is 12.5. The van der Waals surface area contributed by atoms with E-state index in [1.165, 1.54) is 0 Å². The number of pyridine rings is 1. The maximum atomic E-state index is 12.5. The van der Waals surface area contributed by atoms with Gasteiger partial charge in [-0.05, 0) is 50.6 Å². The van der Waals surface area contributed by atoms with Crippen LogP contribution in [0.25, 0.3) is 0 Å². The highest BCUT2D eigenvalue weighted by molar-refractivity contribution is 5.95. The molecule has 1 aromatic carbocycles.